The van der Waals surface area contributed by atoms with Crippen molar-refractivity contribution >= 4 is 33.3 Å². The summed E-state index contributed by atoms with van der Waals surface area (Å²) >= 11 is 9.23. The molecule has 1 aromatic carbocycles. The zero-order valence-electron chi connectivity index (χ0n) is 8.13. The molecule has 0 spiro atoms. The summed E-state index contributed by atoms with van der Waals surface area (Å²) in [4.78, 5) is 10.8. The van der Waals surface area contributed by atoms with Gasteiger partial charge in [-0.1, -0.05) is 27.5 Å². The summed E-state index contributed by atoms with van der Waals surface area (Å²) < 4.78 is 0. The van der Waals surface area contributed by atoms with Crippen molar-refractivity contribution in [2.24, 2.45) is 0 Å². The fourth-order valence-electron chi connectivity index (χ4n) is 1.14. The molecule has 0 aliphatic heterocycles. The third-order valence-electron chi connectivity index (χ3n) is 2.02. The second kappa shape index (κ2) is 5.29. The highest BCUT2D eigenvalue weighted by Gasteiger charge is 2.12. The largest absolute Gasteiger partial charge is 0.299 e. The number of rotatable bonds is 3. The lowest BCUT2D eigenvalue weighted by Crippen LogP contribution is -2.13. The molecule has 0 aliphatic carbocycles. The van der Waals surface area contributed by atoms with Gasteiger partial charge in [-0.25, -0.2) is 0 Å². The van der Waals surface area contributed by atoms with Crippen molar-refractivity contribution in [2.75, 3.05) is 0 Å². The number of benzene rings is 1. The molecule has 0 saturated carbocycles. The summed E-state index contributed by atoms with van der Waals surface area (Å²) in [6, 6.07) is 7.08. The van der Waals surface area contributed by atoms with Crippen molar-refractivity contribution in [1.82, 2.24) is 0 Å². The van der Waals surface area contributed by atoms with E-state index < -0.39 is 0 Å². The summed E-state index contributed by atoms with van der Waals surface area (Å²) in [5, 5.41) is 9.31. The maximum atomic E-state index is 11.1. The lowest BCUT2D eigenvalue weighted by Gasteiger charge is -2.07. The number of alkyl halides is 1. The number of ketones is 1. The second-order valence-corrected chi connectivity index (χ2v) is 4.71. The van der Waals surface area contributed by atoms with Crippen LogP contribution in [0.15, 0.2) is 18.2 Å². The van der Waals surface area contributed by atoms with Crippen LogP contribution in [0.5, 0.6) is 0 Å². The van der Waals surface area contributed by atoms with E-state index in [1.54, 1.807) is 18.2 Å². The van der Waals surface area contributed by atoms with Crippen LogP contribution in [0.3, 0.4) is 0 Å². The minimum Gasteiger partial charge on any atom is -0.299 e. The molecular formula is C11H9BrClNO. The number of nitriles is 1. The topological polar surface area (TPSA) is 40.9 Å². The summed E-state index contributed by atoms with van der Waals surface area (Å²) in [5.74, 6) is 0.0495. The van der Waals surface area contributed by atoms with Gasteiger partial charge in [-0.2, -0.15) is 5.26 Å². The van der Waals surface area contributed by atoms with Gasteiger partial charge in [0.2, 0.25) is 0 Å². The Balaban J connectivity index is 2.94. The van der Waals surface area contributed by atoms with E-state index >= 15 is 0 Å². The fraction of sp³-hybridized carbons (Fsp3) is 0.273. The standard InChI is InChI=1S/C11H9BrClNO/c1-7(15)10(12)5-9-4-8(6-14)2-3-11(9)13/h2-4,10H,5H2,1H3. The van der Waals surface area contributed by atoms with Crippen molar-refractivity contribution in [2.45, 2.75) is 18.2 Å². The number of carbonyl (C=O) groups excluding carboxylic acids is 1. The van der Waals surface area contributed by atoms with Crippen LogP contribution in [0.4, 0.5) is 0 Å². The summed E-state index contributed by atoms with van der Waals surface area (Å²) in [6.07, 6.45) is 0.504. The zero-order chi connectivity index (χ0) is 11.4. The van der Waals surface area contributed by atoms with Crippen LogP contribution in [0.25, 0.3) is 0 Å². The summed E-state index contributed by atoms with van der Waals surface area (Å²) in [7, 11) is 0. The van der Waals surface area contributed by atoms with E-state index in [9.17, 15) is 4.79 Å². The van der Waals surface area contributed by atoms with E-state index in [1.807, 2.05) is 6.07 Å². The zero-order valence-corrected chi connectivity index (χ0v) is 10.5. The van der Waals surface area contributed by atoms with Crippen LogP contribution >= 0.6 is 27.5 Å². The lowest BCUT2D eigenvalue weighted by molar-refractivity contribution is -0.116. The third-order valence-corrected chi connectivity index (χ3v) is 3.35. The highest BCUT2D eigenvalue weighted by Crippen LogP contribution is 2.21. The number of hydrogen-bond acceptors (Lipinski definition) is 2. The van der Waals surface area contributed by atoms with Crippen molar-refractivity contribution in [3.8, 4) is 6.07 Å². The van der Waals surface area contributed by atoms with Gasteiger partial charge in [-0.3, -0.25) is 4.79 Å². The Labute approximate surface area is 102 Å². The van der Waals surface area contributed by atoms with E-state index in [1.165, 1.54) is 6.92 Å². The Kier molecular flexibility index (Phi) is 4.31. The van der Waals surface area contributed by atoms with Crippen molar-refractivity contribution in [3.63, 3.8) is 0 Å². The SMILES string of the molecule is CC(=O)C(Br)Cc1cc(C#N)ccc1Cl. The van der Waals surface area contributed by atoms with Crippen LogP contribution in [-0.4, -0.2) is 10.6 Å². The average molecular weight is 287 g/mol. The number of hydrogen-bond donors (Lipinski definition) is 0. The molecular weight excluding hydrogens is 277 g/mol. The molecule has 0 N–H and O–H groups in total. The van der Waals surface area contributed by atoms with Gasteiger partial charge in [-0.15, -0.1) is 0 Å². The lowest BCUT2D eigenvalue weighted by atomic mass is 10.1. The molecule has 1 aromatic rings. The molecule has 0 fully saturated rings. The van der Waals surface area contributed by atoms with E-state index in [4.69, 9.17) is 16.9 Å². The third kappa shape index (κ3) is 3.33. The molecule has 78 valence electrons. The van der Waals surface area contributed by atoms with Crippen LogP contribution in [-0.2, 0) is 11.2 Å². The Hall–Kier alpha value is -0.850. The molecule has 0 aromatic heterocycles. The first kappa shape index (κ1) is 12.2. The molecule has 0 heterocycles. The van der Waals surface area contributed by atoms with E-state index in [-0.39, 0.29) is 10.6 Å². The minimum absolute atomic E-state index is 0.0495. The predicted molar refractivity (Wildman–Crippen MR) is 63.3 cm³/mol. The fourth-order valence-corrected chi connectivity index (χ4v) is 1.68. The quantitative estimate of drug-likeness (QED) is 0.801. The van der Waals surface area contributed by atoms with Crippen molar-refractivity contribution in [1.29, 1.82) is 5.26 Å². The smallest absolute Gasteiger partial charge is 0.143 e. The maximum Gasteiger partial charge on any atom is 0.143 e. The highest BCUT2D eigenvalue weighted by atomic mass is 79.9. The van der Waals surface area contributed by atoms with Gasteiger partial charge >= 0.3 is 0 Å². The molecule has 0 amide bonds. The Bertz CT molecular complexity index is 425. The number of carbonyl (C=O) groups is 1. The first-order valence-corrected chi connectivity index (χ1v) is 5.67. The Morgan fingerprint density at radius 2 is 2.33 bits per heavy atom. The maximum absolute atomic E-state index is 11.1. The van der Waals surface area contributed by atoms with Crippen LogP contribution in [0.2, 0.25) is 5.02 Å². The van der Waals surface area contributed by atoms with Gasteiger partial charge in [0.25, 0.3) is 0 Å². The highest BCUT2D eigenvalue weighted by molar-refractivity contribution is 9.10. The molecule has 0 bridgehead atoms. The average Bonchev–Trinajstić information content (AvgIpc) is 2.21. The molecule has 1 rings (SSSR count). The van der Waals surface area contributed by atoms with Crippen LogP contribution < -0.4 is 0 Å². The minimum atomic E-state index is -0.246. The van der Waals surface area contributed by atoms with E-state index in [0.717, 1.165) is 5.56 Å². The van der Waals surface area contributed by atoms with Gasteiger partial charge in [0.1, 0.15) is 5.78 Å². The van der Waals surface area contributed by atoms with Crippen molar-refractivity contribution < 1.29 is 4.79 Å². The first-order valence-electron chi connectivity index (χ1n) is 4.37. The van der Waals surface area contributed by atoms with E-state index in [0.29, 0.717) is 17.0 Å². The summed E-state index contributed by atoms with van der Waals surface area (Å²) in [5.41, 5.74) is 1.37. The molecule has 15 heavy (non-hydrogen) atoms. The molecule has 1 atom stereocenters. The second-order valence-electron chi connectivity index (χ2n) is 3.20. The van der Waals surface area contributed by atoms with Gasteiger partial charge in [0, 0.05) is 5.02 Å². The summed E-state index contributed by atoms with van der Waals surface area (Å²) in [6.45, 7) is 1.52. The number of Topliss-reactive ketones (excluding diaryl/α,β-unsaturated/α-hetero) is 1. The normalized spacial score (nSPS) is 11.9. The first-order chi connectivity index (χ1) is 7.04. The molecule has 4 heteroatoms. The van der Waals surface area contributed by atoms with Gasteiger partial charge in [0.15, 0.2) is 0 Å². The van der Waals surface area contributed by atoms with Crippen LogP contribution in [0.1, 0.15) is 18.1 Å². The van der Waals surface area contributed by atoms with Gasteiger partial charge < -0.3 is 0 Å². The monoisotopic (exact) mass is 285 g/mol. The van der Waals surface area contributed by atoms with E-state index in [2.05, 4.69) is 15.9 Å². The number of nitrogens with zero attached hydrogens (tertiary/aromatic N) is 1. The van der Waals surface area contributed by atoms with Crippen molar-refractivity contribution in [3.05, 3.63) is 34.3 Å². The molecule has 0 saturated heterocycles. The molecule has 0 radical (unpaired) electrons. The van der Waals surface area contributed by atoms with Crippen LogP contribution in [0, 0.1) is 11.3 Å². The Morgan fingerprint density at radius 3 is 2.87 bits per heavy atom. The van der Waals surface area contributed by atoms with Gasteiger partial charge in [-0.05, 0) is 37.1 Å². The molecule has 2 nitrogen and oxygen atoms in total. The molecule has 0 aliphatic rings. The van der Waals surface area contributed by atoms with Gasteiger partial charge in [0.05, 0.1) is 16.5 Å². The molecule has 1 unspecified atom stereocenters. The number of halogens is 2. The Morgan fingerprint density at radius 1 is 1.67 bits per heavy atom. The predicted octanol–water partition coefficient (Wildman–Crippen LogP) is 3.11.